The van der Waals surface area contributed by atoms with Crippen molar-refractivity contribution < 1.29 is 18.5 Å². The van der Waals surface area contributed by atoms with E-state index in [9.17, 15) is 19.3 Å². The predicted octanol–water partition coefficient (Wildman–Crippen LogP) is 5.16. The molecule has 37 heavy (non-hydrogen) atoms. The number of nitrogens with zero attached hydrogens (tertiary/aromatic N) is 4. The van der Waals surface area contributed by atoms with Gasteiger partial charge in [0.05, 0.1) is 10.6 Å². The molecule has 2 N–H and O–H groups in total. The third-order valence-electron chi connectivity index (χ3n) is 5.43. The van der Waals surface area contributed by atoms with Crippen molar-refractivity contribution in [3.8, 4) is 17.0 Å². The number of rotatable bonds is 5. The highest BCUT2D eigenvalue weighted by molar-refractivity contribution is 7.80. The van der Waals surface area contributed by atoms with Crippen molar-refractivity contribution in [2.45, 2.75) is 6.92 Å². The Bertz CT molecular complexity index is 1680. The molecule has 0 aliphatic carbocycles. The third kappa shape index (κ3) is 5.04. The number of nitrogens with one attached hydrogen (secondary N) is 2. The number of aryl methyl sites for hydroxylation is 1. The van der Waals surface area contributed by atoms with Gasteiger partial charge >= 0.3 is 0 Å². The zero-order valence-corrected chi connectivity index (χ0v) is 20.0. The number of thiocarbonyl (C=S) groups is 1. The first-order valence-corrected chi connectivity index (χ1v) is 11.3. The number of non-ortho nitro benzene ring substituents is 1. The minimum atomic E-state index is -0.588. The van der Waals surface area contributed by atoms with Crippen molar-refractivity contribution >= 4 is 45.6 Å². The van der Waals surface area contributed by atoms with Crippen molar-refractivity contribution in [2.24, 2.45) is 0 Å². The van der Waals surface area contributed by atoms with Gasteiger partial charge in [-0.15, -0.1) is 10.2 Å². The molecular weight excluding hydrogens is 499 g/mol. The molecular formula is C25H17FN6O4S. The first kappa shape index (κ1) is 23.8. The van der Waals surface area contributed by atoms with Crippen LogP contribution < -0.4 is 10.6 Å². The molecule has 0 saturated carbocycles. The fourth-order valence-corrected chi connectivity index (χ4v) is 3.80. The first-order valence-electron chi connectivity index (χ1n) is 10.9. The maximum Gasteiger partial charge on any atom is 0.293 e. The quantitative estimate of drug-likeness (QED) is 0.186. The summed E-state index contributed by atoms with van der Waals surface area (Å²) in [5, 5.41) is 25.4. The van der Waals surface area contributed by atoms with E-state index in [1.807, 2.05) is 13.0 Å². The lowest BCUT2D eigenvalue weighted by molar-refractivity contribution is -0.384. The normalized spacial score (nSPS) is 10.9. The minimum absolute atomic E-state index is 0.0138. The Morgan fingerprint density at radius 2 is 1.78 bits per heavy atom. The minimum Gasteiger partial charge on any atom is -0.451 e. The number of benzene rings is 3. The molecule has 0 aliphatic heterocycles. The molecule has 0 unspecified atom stereocenters. The summed E-state index contributed by atoms with van der Waals surface area (Å²) < 4.78 is 18.8. The average Bonchev–Trinajstić information content (AvgIpc) is 3.52. The van der Waals surface area contributed by atoms with Crippen LogP contribution in [0.4, 0.5) is 15.8 Å². The molecule has 184 valence electrons. The highest BCUT2D eigenvalue weighted by Crippen LogP contribution is 2.26. The number of nitro benzene ring substituents is 1. The van der Waals surface area contributed by atoms with E-state index >= 15 is 0 Å². The molecule has 10 nitrogen and oxygen atoms in total. The third-order valence-corrected chi connectivity index (χ3v) is 5.63. The van der Waals surface area contributed by atoms with Crippen LogP contribution in [-0.4, -0.2) is 30.9 Å². The Morgan fingerprint density at radius 1 is 1.05 bits per heavy atom. The average molecular weight is 517 g/mol. The number of amides is 1. The van der Waals surface area contributed by atoms with E-state index < -0.39 is 10.8 Å². The van der Waals surface area contributed by atoms with Crippen LogP contribution in [0.3, 0.4) is 0 Å². The second kappa shape index (κ2) is 9.59. The number of nitro groups is 1. The van der Waals surface area contributed by atoms with E-state index in [1.54, 1.807) is 30.3 Å². The van der Waals surface area contributed by atoms with Gasteiger partial charge in [0, 0.05) is 23.4 Å². The van der Waals surface area contributed by atoms with Crippen LogP contribution in [0.2, 0.25) is 0 Å². The fraction of sp³-hybridized carbons (Fsp3) is 0.0400. The van der Waals surface area contributed by atoms with Crippen LogP contribution in [0.15, 0.2) is 77.2 Å². The molecule has 2 aromatic heterocycles. The summed E-state index contributed by atoms with van der Waals surface area (Å²) in [6.07, 6.45) is 0. The number of halogens is 1. The number of carbonyl (C=O) groups is 1. The molecule has 5 rings (SSSR count). The van der Waals surface area contributed by atoms with Crippen molar-refractivity contribution in [3.05, 3.63) is 100 Å². The molecule has 0 saturated heterocycles. The summed E-state index contributed by atoms with van der Waals surface area (Å²) in [4.78, 5) is 24.6. The summed E-state index contributed by atoms with van der Waals surface area (Å²) in [6.45, 7) is 1.85. The van der Waals surface area contributed by atoms with Crippen molar-refractivity contribution in [2.75, 3.05) is 5.32 Å². The summed E-state index contributed by atoms with van der Waals surface area (Å²) >= 11 is 5.30. The fourth-order valence-electron chi connectivity index (χ4n) is 3.60. The van der Waals surface area contributed by atoms with Gasteiger partial charge in [0.2, 0.25) is 0 Å². The van der Waals surface area contributed by atoms with Crippen molar-refractivity contribution in [1.82, 2.24) is 20.3 Å². The number of carbonyl (C=O) groups excluding carboxylic acids is 1. The Kier molecular flexibility index (Phi) is 6.15. The van der Waals surface area contributed by atoms with Crippen LogP contribution in [0, 0.1) is 22.9 Å². The number of hydrogen-bond acceptors (Lipinski definition) is 7. The smallest absolute Gasteiger partial charge is 0.293 e. The van der Waals surface area contributed by atoms with Gasteiger partial charge in [0.1, 0.15) is 22.6 Å². The van der Waals surface area contributed by atoms with Crippen LogP contribution in [0.5, 0.6) is 0 Å². The SMILES string of the molecule is Cc1cc2nn(-c3ccc(F)cc3)nc2cc1NC(=S)NC(=O)c1ccc(-c2cccc([N+](=O)[O-])c2)o1. The Morgan fingerprint density at radius 3 is 2.51 bits per heavy atom. The number of aromatic nitrogens is 3. The molecule has 12 heteroatoms. The van der Waals surface area contributed by atoms with Crippen LogP contribution in [0.1, 0.15) is 16.1 Å². The molecule has 0 atom stereocenters. The van der Waals surface area contributed by atoms with E-state index in [-0.39, 0.29) is 22.4 Å². The number of fused-ring (bicyclic) bond motifs is 1. The van der Waals surface area contributed by atoms with Gasteiger partial charge in [0.15, 0.2) is 10.9 Å². The molecule has 1 amide bonds. The van der Waals surface area contributed by atoms with Crippen LogP contribution in [0.25, 0.3) is 28.0 Å². The highest BCUT2D eigenvalue weighted by atomic mass is 32.1. The molecule has 0 aliphatic rings. The Labute approximate surface area is 213 Å². The molecule has 5 aromatic rings. The van der Waals surface area contributed by atoms with E-state index in [1.165, 1.54) is 41.2 Å². The van der Waals surface area contributed by atoms with E-state index in [2.05, 4.69) is 20.8 Å². The van der Waals surface area contributed by atoms with E-state index in [0.29, 0.717) is 33.7 Å². The van der Waals surface area contributed by atoms with Crippen LogP contribution in [-0.2, 0) is 0 Å². The summed E-state index contributed by atoms with van der Waals surface area (Å²) in [5.41, 5.74) is 3.60. The van der Waals surface area contributed by atoms with Gasteiger partial charge in [-0.25, -0.2) is 4.39 Å². The van der Waals surface area contributed by atoms with Gasteiger partial charge in [0.25, 0.3) is 11.6 Å². The van der Waals surface area contributed by atoms with E-state index in [4.69, 9.17) is 16.6 Å². The number of anilines is 1. The monoisotopic (exact) mass is 516 g/mol. The highest BCUT2D eigenvalue weighted by Gasteiger charge is 2.16. The van der Waals surface area contributed by atoms with Gasteiger partial charge in [-0.05, 0) is 73.2 Å². The maximum atomic E-state index is 13.2. The van der Waals surface area contributed by atoms with E-state index in [0.717, 1.165) is 5.56 Å². The molecule has 2 heterocycles. The lowest BCUT2D eigenvalue weighted by atomic mass is 10.1. The Hall–Kier alpha value is -4.97. The van der Waals surface area contributed by atoms with Crippen LogP contribution >= 0.6 is 12.2 Å². The standard InChI is InChI=1S/C25H17FN6O4S/c1-14-11-20-21(30-31(29-20)17-7-5-16(26)6-8-17)13-19(14)27-25(37)28-24(33)23-10-9-22(36-23)15-3-2-4-18(12-15)32(34)35/h2-13H,1H3,(H2,27,28,33,37). The molecule has 0 fully saturated rings. The number of hydrogen-bond donors (Lipinski definition) is 2. The lowest BCUT2D eigenvalue weighted by Crippen LogP contribution is -2.34. The molecule has 0 spiro atoms. The predicted molar refractivity (Wildman–Crippen MR) is 138 cm³/mol. The zero-order chi connectivity index (χ0) is 26.1. The van der Waals surface area contributed by atoms with Crippen molar-refractivity contribution in [3.63, 3.8) is 0 Å². The van der Waals surface area contributed by atoms with Gasteiger partial charge in [-0.2, -0.15) is 4.80 Å². The van der Waals surface area contributed by atoms with Gasteiger partial charge in [-0.3, -0.25) is 20.2 Å². The molecule has 3 aromatic carbocycles. The summed E-state index contributed by atoms with van der Waals surface area (Å²) in [5.74, 6) is -0.651. The first-order chi connectivity index (χ1) is 17.8. The zero-order valence-electron chi connectivity index (χ0n) is 19.1. The number of furan rings is 1. The summed E-state index contributed by atoms with van der Waals surface area (Å²) in [7, 11) is 0. The topological polar surface area (TPSA) is 128 Å². The second-order valence-electron chi connectivity index (χ2n) is 8.00. The second-order valence-corrected chi connectivity index (χ2v) is 8.41. The maximum absolute atomic E-state index is 13.2. The largest absolute Gasteiger partial charge is 0.451 e. The lowest BCUT2D eigenvalue weighted by Gasteiger charge is -2.10. The van der Waals surface area contributed by atoms with Crippen molar-refractivity contribution in [1.29, 1.82) is 0 Å². The molecule has 0 bridgehead atoms. The summed E-state index contributed by atoms with van der Waals surface area (Å²) in [6, 6.07) is 18.3. The van der Waals surface area contributed by atoms with Gasteiger partial charge in [-0.1, -0.05) is 12.1 Å². The Balaban J connectivity index is 1.29. The van der Waals surface area contributed by atoms with Gasteiger partial charge < -0.3 is 9.73 Å². The molecule has 0 radical (unpaired) electrons.